The fraction of sp³-hybridized carbons (Fsp3) is 0.250. The number of rotatable bonds is 6. The lowest BCUT2D eigenvalue weighted by molar-refractivity contribution is -0.121. The first-order valence-electron chi connectivity index (χ1n) is 6.61. The zero-order valence-electron chi connectivity index (χ0n) is 11.2. The van der Waals surface area contributed by atoms with E-state index in [1.54, 1.807) is 12.4 Å². The highest BCUT2D eigenvalue weighted by Crippen LogP contribution is 2.20. The van der Waals surface area contributed by atoms with Crippen LogP contribution in [0.15, 0.2) is 54.9 Å². The molecule has 0 aliphatic heterocycles. The highest BCUT2D eigenvalue weighted by Gasteiger charge is 2.14. The van der Waals surface area contributed by atoms with E-state index in [-0.39, 0.29) is 11.8 Å². The largest absolute Gasteiger partial charge is 0.352 e. The van der Waals surface area contributed by atoms with Gasteiger partial charge in [0.2, 0.25) is 5.91 Å². The van der Waals surface area contributed by atoms with Gasteiger partial charge in [0.05, 0.1) is 0 Å². The molecule has 1 aromatic heterocycles. The van der Waals surface area contributed by atoms with Crippen molar-refractivity contribution in [1.29, 1.82) is 0 Å². The number of thiol groups is 1. The fourth-order valence-corrected chi connectivity index (χ4v) is 2.35. The molecule has 0 fully saturated rings. The average Bonchev–Trinajstić information content (AvgIpc) is 2.52. The van der Waals surface area contributed by atoms with Crippen LogP contribution in [0.4, 0.5) is 0 Å². The van der Waals surface area contributed by atoms with Crippen molar-refractivity contribution in [2.75, 3.05) is 5.75 Å². The Bertz CT molecular complexity index is 531. The lowest BCUT2D eigenvalue weighted by atomic mass is 9.97. The third-order valence-corrected chi connectivity index (χ3v) is 3.58. The number of aromatic nitrogens is 1. The Morgan fingerprint density at radius 1 is 1.20 bits per heavy atom. The van der Waals surface area contributed by atoms with Gasteiger partial charge in [0.25, 0.3) is 0 Å². The quantitative estimate of drug-likeness (QED) is 0.802. The molecule has 2 aromatic rings. The van der Waals surface area contributed by atoms with E-state index in [1.807, 2.05) is 42.5 Å². The van der Waals surface area contributed by atoms with E-state index in [9.17, 15) is 4.79 Å². The summed E-state index contributed by atoms with van der Waals surface area (Å²) in [5.41, 5.74) is 2.15. The monoisotopic (exact) mass is 286 g/mol. The molecule has 3 nitrogen and oxygen atoms in total. The second-order valence-electron chi connectivity index (χ2n) is 4.63. The molecular weight excluding hydrogens is 268 g/mol. The topological polar surface area (TPSA) is 42.0 Å². The highest BCUT2D eigenvalue weighted by molar-refractivity contribution is 7.80. The van der Waals surface area contributed by atoms with Crippen LogP contribution >= 0.6 is 12.6 Å². The lowest BCUT2D eigenvalue weighted by Crippen LogP contribution is -2.25. The van der Waals surface area contributed by atoms with Gasteiger partial charge in [-0.1, -0.05) is 36.4 Å². The summed E-state index contributed by atoms with van der Waals surface area (Å²) in [6, 6.07) is 13.8. The molecule has 0 spiro atoms. The zero-order chi connectivity index (χ0) is 14.2. The summed E-state index contributed by atoms with van der Waals surface area (Å²) in [6.07, 6.45) is 3.93. The van der Waals surface area contributed by atoms with Crippen molar-refractivity contribution in [2.45, 2.75) is 18.9 Å². The molecule has 1 amide bonds. The number of amides is 1. The Morgan fingerprint density at radius 3 is 2.65 bits per heavy atom. The van der Waals surface area contributed by atoms with Crippen LogP contribution in [0, 0.1) is 0 Å². The van der Waals surface area contributed by atoms with Crippen LogP contribution in [0.25, 0.3) is 0 Å². The van der Waals surface area contributed by atoms with Crippen molar-refractivity contribution < 1.29 is 4.79 Å². The summed E-state index contributed by atoms with van der Waals surface area (Å²) in [4.78, 5) is 16.0. The van der Waals surface area contributed by atoms with Crippen LogP contribution in [0.5, 0.6) is 0 Å². The summed E-state index contributed by atoms with van der Waals surface area (Å²) >= 11 is 4.35. The molecule has 104 valence electrons. The maximum Gasteiger partial charge on any atom is 0.220 e. The molecule has 2 rings (SSSR count). The third kappa shape index (κ3) is 4.38. The molecule has 0 aliphatic rings. The smallest absolute Gasteiger partial charge is 0.220 e. The molecule has 0 bridgehead atoms. The van der Waals surface area contributed by atoms with E-state index in [0.29, 0.717) is 18.7 Å². The SMILES string of the molecule is O=C(CC(CS)c1ccccc1)NCc1cccnc1. The van der Waals surface area contributed by atoms with Gasteiger partial charge in [0.15, 0.2) is 0 Å². The van der Waals surface area contributed by atoms with E-state index in [2.05, 4.69) is 22.9 Å². The van der Waals surface area contributed by atoms with Gasteiger partial charge in [-0.25, -0.2) is 0 Å². The summed E-state index contributed by atoms with van der Waals surface area (Å²) in [6.45, 7) is 0.515. The molecule has 1 N–H and O–H groups in total. The Labute approximate surface area is 124 Å². The standard InChI is InChI=1S/C16H18N2OS/c19-16(18-11-13-5-4-8-17-10-13)9-15(12-20)14-6-2-1-3-7-14/h1-8,10,15,20H,9,11-12H2,(H,18,19). The number of hydrogen-bond donors (Lipinski definition) is 2. The van der Waals surface area contributed by atoms with Crippen LogP contribution in [-0.2, 0) is 11.3 Å². The fourth-order valence-electron chi connectivity index (χ4n) is 2.01. The van der Waals surface area contributed by atoms with Crippen molar-refractivity contribution in [2.24, 2.45) is 0 Å². The van der Waals surface area contributed by atoms with Crippen molar-refractivity contribution in [1.82, 2.24) is 10.3 Å². The lowest BCUT2D eigenvalue weighted by Gasteiger charge is -2.14. The molecule has 0 saturated heterocycles. The minimum atomic E-state index is 0.0387. The molecule has 1 unspecified atom stereocenters. The van der Waals surface area contributed by atoms with E-state index >= 15 is 0 Å². The van der Waals surface area contributed by atoms with Crippen molar-refractivity contribution in [3.63, 3.8) is 0 Å². The minimum absolute atomic E-state index is 0.0387. The number of pyridine rings is 1. The van der Waals surface area contributed by atoms with Gasteiger partial charge in [0, 0.05) is 31.3 Å². The molecular formula is C16H18N2OS. The summed E-state index contributed by atoms with van der Waals surface area (Å²) in [5.74, 6) is 0.842. The van der Waals surface area contributed by atoms with Crippen LogP contribution in [-0.4, -0.2) is 16.6 Å². The molecule has 0 aliphatic carbocycles. The normalized spacial score (nSPS) is 11.8. The van der Waals surface area contributed by atoms with E-state index in [1.165, 1.54) is 0 Å². The van der Waals surface area contributed by atoms with Gasteiger partial charge in [0.1, 0.15) is 0 Å². The Kier molecular flexibility index (Phi) is 5.62. The Morgan fingerprint density at radius 2 is 2.00 bits per heavy atom. The third-order valence-electron chi connectivity index (χ3n) is 3.14. The summed E-state index contributed by atoms with van der Waals surface area (Å²) in [5, 5.41) is 2.92. The summed E-state index contributed by atoms with van der Waals surface area (Å²) in [7, 11) is 0. The number of benzene rings is 1. The molecule has 20 heavy (non-hydrogen) atoms. The van der Waals surface area contributed by atoms with Crippen LogP contribution in [0.2, 0.25) is 0 Å². The van der Waals surface area contributed by atoms with Crippen molar-refractivity contribution in [3.05, 3.63) is 66.0 Å². The minimum Gasteiger partial charge on any atom is -0.352 e. The first kappa shape index (κ1) is 14.6. The highest BCUT2D eigenvalue weighted by atomic mass is 32.1. The predicted molar refractivity (Wildman–Crippen MR) is 83.7 cm³/mol. The Balaban J connectivity index is 1.87. The van der Waals surface area contributed by atoms with Crippen LogP contribution in [0.3, 0.4) is 0 Å². The maximum atomic E-state index is 12.0. The van der Waals surface area contributed by atoms with Crippen molar-refractivity contribution in [3.8, 4) is 0 Å². The molecule has 1 atom stereocenters. The second kappa shape index (κ2) is 7.70. The first-order valence-corrected chi connectivity index (χ1v) is 7.24. The summed E-state index contributed by atoms with van der Waals surface area (Å²) < 4.78 is 0. The number of nitrogens with one attached hydrogen (secondary N) is 1. The molecule has 0 radical (unpaired) electrons. The van der Waals surface area contributed by atoms with Crippen LogP contribution in [0.1, 0.15) is 23.5 Å². The molecule has 1 aromatic carbocycles. The average molecular weight is 286 g/mol. The van der Waals surface area contributed by atoms with E-state index in [0.717, 1.165) is 11.1 Å². The van der Waals surface area contributed by atoms with Gasteiger partial charge in [-0.15, -0.1) is 0 Å². The second-order valence-corrected chi connectivity index (χ2v) is 5.00. The van der Waals surface area contributed by atoms with E-state index < -0.39 is 0 Å². The number of nitrogens with zero attached hydrogens (tertiary/aromatic N) is 1. The maximum absolute atomic E-state index is 12.0. The van der Waals surface area contributed by atoms with Gasteiger partial charge in [-0.2, -0.15) is 12.6 Å². The van der Waals surface area contributed by atoms with Crippen molar-refractivity contribution >= 4 is 18.5 Å². The van der Waals surface area contributed by atoms with E-state index in [4.69, 9.17) is 0 Å². The van der Waals surface area contributed by atoms with Gasteiger partial charge in [-0.05, 0) is 22.9 Å². The number of hydrogen-bond acceptors (Lipinski definition) is 3. The number of carbonyl (C=O) groups is 1. The number of carbonyl (C=O) groups excluding carboxylic acids is 1. The molecule has 1 heterocycles. The van der Waals surface area contributed by atoms with Gasteiger partial charge < -0.3 is 5.32 Å². The molecule has 0 saturated carbocycles. The first-order chi connectivity index (χ1) is 9.79. The van der Waals surface area contributed by atoms with Gasteiger partial charge >= 0.3 is 0 Å². The zero-order valence-corrected chi connectivity index (χ0v) is 12.1. The van der Waals surface area contributed by atoms with Gasteiger partial charge in [-0.3, -0.25) is 9.78 Å². The van der Waals surface area contributed by atoms with Crippen LogP contribution < -0.4 is 5.32 Å². The molecule has 4 heteroatoms. The predicted octanol–water partition coefficient (Wildman–Crippen LogP) is 2.80. The Hall–Kier alpha value is -1.81.